The van der Waals surface area contributed by atoms with Crippen LogP contribution < -0.4 is 5.32 Å². The van der Waals surface area contributed by atoms with Crippen LogP contribution in [0.1, 0.15) is 26.3 Å². The Labute approximate surface area is 121 Å². The summed E-state index contributed by atoms with van der Waals surface area (Å²) < 4.78 is 0. The van der Waals surface area contributed by atoms with Crippen LogP contribution in [0.25, 0.3) is 0 Å². The van der Waals surface area contributed by atoms with Crippen molar-refractivity contribution in [3.8, 4) is 0 Å². The second kappa shape index (κ2) is 6.21. The normalized spacial score (nSPS) is 10.1. The lowest BCUT2D eigenvalue weighted by Crippen LogP contribution is -2.22. The summed E-state index contributed by atoms with van der Waals surface area (Å²) in [6.07, 6.45) is 0. The highest BCUT2D eigenvalue weighted by Gasteiger charge is 2.06. The molecule has 4 nitrogen and oxygen atoms in total. The second-order valence-corrected chi connectivity index (χ2v) is 4.63. The van der Waals surface area contributed by atoms with Crippen molar-refractivity contribution >= 4 is 23.5 Å². The maximum absolute atomic E-state index is 11.9. The molecule has 0 heterocycles. The van der Waals surface area contributed by atoms with Crippen molar-refractivity contribution in [2.75, 3.05) is 0 Å². The Bertz CT molecular complexity index is 621. The summed E-state index contributed by atoms with van der Waals surface area (Å²) in [4.78, 5) is 22.6. The van der Waals surface area contributed by atoms with Crippen molar-refractivity contribution in [3.05, 3.63) is 70.2 Å². The smallest absolute Gasteiger partial charge is 0.335 e. The average molecular weight is 290 g/mol. The molecule has 0 aliphatic carbocycles. The van der Waals surface area contributed by atoms with E-state index in [4.69, 9.17) is 16.7 Å². The molecule has 2 rings (SSSR count). The Morgan fingerprint density at radius 1 is 0.950 bits per heavy atom. The summed E-state index contributed by atoms with van der Waals surface area (Å²) in [7, 11) is 0. The van der Waals surface area contributed by atoms with Crippen molar-refractivity contribution in [1.82, 2.24) is 5.32 Å². The van der Waals surface area contributed by atoms with Crippen LogP contribution in [0.5, 0.6) is 0 Å². The van der Waals surface area contributed by atoms with Gasteiger partial charge in [-0.25, -0.2) is 4.79 Å². The molecule has 0 fully saturated rings. The number of benzene rings is 2. The van der Waals surface area contributed by atoms with Crippen molar-refractivity contribution < 1.29 is 14.7 Å². The number of carboxylic acids is 1. The Morgan fingerprint density at radius 3 is 2.05 bits per heavy atom. The fourth-order valence-electron chi connectivity index (χ4n) is 1.65. The molecule has 0 saturated carbocycles. The van der Waals surface area contributed by atoms with Crippen molar-refractivity contribution in [2.24, 2.45) is 0 Å². The summed E-state index contributed by atoms with van der Waals surface area (Å²) in [5, 5.41) is 12.1. The number of rotatable bonds is 4. The van der Waals surface area contributed by atoms with Crippen LogP contribution in [0, 0.1) is 0 Å². The van der Waals surface area contributed by atoms with Crippen LogP contribution in [-0.4, -0.2) is 17.0 Å². The van der Waals surface area contributed by atoms with Gasteiger partial charge in [-0.2, -0.15) is 0 Å². The SMILES string of the molecule is O=C(O)c1ccc(CNC(=O)c2ccc(Cl)cc2)cc1. The fraction of sp³-hybridized carbons (Fsp3) is 0.0667. The molecule has 0 bridgehead atoms. The van der Waals surface area contributed by atoms with Crippen LogP contribution >= 0.6 is 11.6 Å². The minimum Gasteiger partial charge on any atom is -0.478 e. The van der Waals surface area contributed by atoms with Crippen LogP contribution in [0.2, 0.25) is 5.02 Å². The number of amides is 1. The number of halogens is 1. The van der Waals surface area contributed by atoms with Gasteiger partial charge in [-0.1, -0.05) is 23.7 Å². The molecule has 0 unspecified atom stereocenters. The summed E-state index contributed by atoms with van der Waals surface area (Å²) in [5.74, 6) is -1.18. The van der Waals surface area contributed by atoms with Gasteiger partial charge in [0.05, 0.1) is 5.56 Å². The predicted octanol–water partition coefficient (Wildman–Crippen LogP) is 2.97. The Kier molecular flexibility index (Phi) is 4.38. The van der Waals surface area contributed by atoms with E-state index in [1.54, 1.807) is 36.4 Å². The molecule has 102 valence electrons. The molecule has 5 heteroatoms. The van der Waals surface area contributed by atoms with E-state index in [0.717, 1.165) is 5.56 Å². The van der Waals surface area contributed by atoms with E-state index in [2.05, 4.69) is 5.32 Å². The molecule has 0 atom stereocenters. The number of hydrogen-bond acceptors (Lipinski definition) is 2. The minimum absolute atomic E-state index is 0.205. The number of carbonyl (C=O) groups is 2. The van der Waals surface area contributed by atoms with E-state index in [9.17, 15) is 9.59 Å². The third-order valence-corrected chi connectivity index (χ3v) is 3.01. The third kappa shape index (κ3) is 3.59. The first-order valence-electron chi connectivity index (χ1n) is 5.92. The van der Waals surface area contributed by atoms with Gasteiger partial charge < -0.3 is 10.4 Å². The molecule has 2 N–H and O–H groups in total. The van der Waals surface area contributed by atoms with Crippen LogP contribution in [0.3, 0.4) is 0 Å². The molecule has 2 aromatic carbocycles. The number of aromatic carboxylic acids is 1. The van der Waals surface area contributed by atoms with Gasteiger partial charge in [-0.15, -0.1) is 0 Å². The summed E-state index contributed by atoms with van der Waals surface area (Å²) in [6.45, 7) is 0.335. The van der Waals surface area contributed by atoms with Crippen molar-refractivity contribution in [1.29, 1.82) is 0 Å². The van der Waals surface area contributed by atoms with Crippen LogP contribution in [-0.2, 0) is 6.54 Å². The first-order valence-corrected chi connectivity index (χ1v) is 6.30. The highest BCUT2D eigenvalue weighted by molar-refractivity contribution is 6.30. The molecule has 0 radical (unpaired) electrons. The van der Waals surface area contributed by atoms with E-state index >= 15 is 0 Å². The molecule has 0 saturated heterocycles. The quantitative estimate of drug-likeness (QED) is 0.909. The number of hydrogen-bond donors (Lipinski definition) is 2. The van der Waals surface area contributed by atoms with E-state index in [1.807, 2.05) is 0 Å². The maximum atomic E-state index is 11.9. The van der Waals surface area contributed by atoms with Gasteiger partial charge >= 0.3 is 5.97 Å². The fourth-order valence-corrected chi connectivity index (χ4v) is 1.78. The Balaban J connectivity index is 1.96. The predicted molar refractivity (Wildman–Crippen MR) is 76.0 cm³/mol. The molecule has 0 aliphatic rings. The second-order valence-electron chi connectivity index (χ2n) is 4.19. The molecule has 20 heavy (non-hydrogen) atoms. The van der Waals surface area contributed by atoms with Gasteiger partial charge in [0.15, 0.2) is 0 Å². The van der Waals surface area contributed by atoms with Gasteiger partial charge in [0.25, 0.3) is 5.91 Å². The maximum Gasteiger partial charge on any atom is 0.335 e. The summed E-state index contributed by atoms with van der Waals surface area (Å²) in [6, 6.07) is 12.9. The van der Waals surface area contributed by atoms with E-state index in [-0.39, 0.29) is 11.5 Å². The zero-order valence-corrected chi connectivity index (χ0v) is 11.2. The first kappa shape index (κ1) is 14.1. The molecular weight excluding hydrogens is 278 g/mol. The number of carboxylic acid groups (broad SMARTS) is 1. The standard InChI is InChI=1S/C15H12ClNO3/c16-13-7-5-11(6-8-13)14(18)17-9-10-1-3-12(4-2-10)15(19)20/h1-8H,9H2,(H,17,18)(H,19,20). The first-order chi connectivity index (χ1) is 9.56. The Morgan fingerprint density at radius 2 is 1.50 bits per heavy atom. The molecule has 1 amide bonds. The lowest BCUT2D eigenvalue weighted by Gasteiger charge is -2.06. The van der Waals surface area contributed by atoms with Crippen LogP contribution in [0.4, 0.5) is 0 Å². The van der Waals surface area contributed by atoms with Crippen LogP contribution in [0.15, 0.2) is 48.5 Å². The Hall–Kier alpha value is -2.33. The van der Waals surface area contributed by atoms with E-state index < -0.39 is 5.97 Å². The van der Waals surface area contributed by atoms with Gasteiger partial charge in [0, 0.05) is 17.1 Å². The van der Waals surface area contributed by atoms with E-state index in [0.29, 0.717) is 17.1 Å². The third-order valence-electron chi connectivity index (χ3n) is 2.76. The summed E-state index contributed by atoms with van der Waals surface area (Å²) >= 11 is 5.75. The lowest BCUT2D eigenvalue weighted by atomic mass is 10.1. The van der Waals surface area contributed by atoms with Gasteiger partial charge in [0.2, 0.25) is 0 Å². The minimum atomic E-state index is -0.971. The number of nitrogens with one attached hydrogen (secondary N) is 1. The zero-order valence-electron chi connectivity index (χ0n) is 10.5. The van der Waals surface area contributed by atoms with Gasteiger partial charge in [-0.05, 0) is 42.0 Å². The molecule has 0 aliphatic heterocycles. The van der Waals surface area contributed by atoms with Gasteiger partial charge in [-0.3, -0.25) is 4.79 Å². The monoisotopic (exact) mass is 289 g/mol. The van der Waals surface area contributed by atoms with Crippen molar-refractivity contribution in [2.45, 2.75) is 6.54 Å². The van der Waals surface area contributed by atoms with Crippen molar-refractivity contribution in [3.63, 3.8) is 0 Å². The van der Waals surface area contributed by atoms with Gasteiger partial charge in [0.1, 0.15) is 0 Å². The molecular formula is C15H12ClNO3. The lowest BCUT2D eigenvalue weighted by molar-refractivity contribution is 0.0696. The highest BCUT2D eigenvalue weighted by atomic mass is 35.5. The summed E-state index contributed by atoms with van der Waals surface area (Å²) in [5.41, 5.74) is 1.58. The topological polar surface area (TPSA) is 66.4 Å². The molecule has 0 aromatic heterocycles. The average Bonchev–Trinajstić information content (AvgIpc) is 2.46. The number of carbonyl (C=O) groups excluding carboxylic acids is 1. The zero-order chi connectivity index (χ0) is 14.5. The highest BCUT2D eigenvalue weighted by Crippen LogP contribution is 2.10. The molecule has 2 aromatic rings. The van der Waals surface area contributed by atoms with E-state index in [1.165, 1.54) is 12.1 Å². The molecule has 0 spiro atoms. The largest absolute Gasteiger partial charge is 0.478 e.